The summed E-state index contributed by atoms with van der Waals surface area (Å²) in [6.45, 7) is 5.33. The molecule has 8 heteroatoms. The summed E-state index contributed by atoms with van der Waals surface area (Å²) in [5.41, 5.74) is -0.935. The van der Waals surface area contributed by atoms with Crippen LogP contribution in [0.2, 0.25) is 0 Å². The number of nitrogens with one attached hydrogen (secondary N) is 2. The largest absolute Gasteiger partial charge is 0.383 e. The summed E-state index contributed by atoms with van der Waals surface area (Å²) >= 11 is 1.54. The van der Waals surface area contributed by atoms with Gasteiger partial charge >= 0.3 is 0 Å². The first-order chi connectivity index (χ1) is 10.5. The normalized spacial score (nSPS) is 14.6. The second kappa shape index (κ2) is 7.37. The van der Waals surface area contributed by atoms with Gasteiger partial charge in [-0.1, -0.05) is 6.07 Å². The van der Waals surface area contributed by atoms with Crippen LogP contribution < -0.4 is 10.6 Å². The fourth-order valence-corrected chi connectivity index (χ4v) is 2.67. The first-order valence-electron chi connectivity index (χ1n) is 7.14. The summed E-state index contributed by atoms with van der Waals surface area (Å²) in [5, 5.41) is 22.8. The van der Waals surface area contributed by atoms with Crippen LogP contribution in [0.1, 0.15) is 24.5 Å². The highest BCUT2D eigenvalue weighted by atomic mass is 32.1. The first-order valence-corrected chi connectivity index (χ1v) is 8.02. The molecule has 1 atom stereocenters. The number of aliphatic hydroxyl groups is 1. The highest BCUT2D eigenvalue weighted by Crippen LogP contribution is 2.24. The van der Waals surface area contributed by atoms with E-state index in [0.29, 0.717) is 19.0 Å². The van der Waals surface area contributed by atoms with E-state index in [0.717, 1.165) is 17.2 Å². The van der Waals surface area contributed by atoms with Crippen LogP contribution in [-0.2, 0) is 19.2 Å². The Kier molecular flexibility index (Phi) is 5.51. The number of guanidine groups is 1. The minimum absolute atomic E-state index is 0.373. The summed E-state index contributed by atoms with van der Waals surface area (Å²) in [4.78, 5) is 9.52. The molecule has 2 rings (SSSR count). The van der Waals surface area contributed by atoms with Crippen molar-refractivity contribution in [1.29, 1.82) is 0 Å². The van der Waals surface area contributed by atoms with Crippen molar-refractivity contribution in [3.63, 3.8) is 0 Å². The van der Waals surface area contributed by atoms with Gasteiger partial charge in [0.15, 0.2) is 5.96 Å². The number of nitrogens with zero attached hydrogens (tertiary/aromatic N) is 4. The minimum atomic E-state index is -0.935. The molecule has 0 aliphatic rings. The quantitative estimate of drug-likeness (QED) is 0.542. The maximum Gasteiger partial charge on any atom is 0.191 e. The Labute approximate surface area is 134 Å². The van der Waals surface area contributed by atoms with Gasteiger partial charge in [-0.05, 0) is 25.3 Å². The summed E-state index contributed by atoms with van der Waals surface area (Å²) in [6.07, 6.45) is 1.51. The van der Waals surface area contributed by atoms with E-state index >= 15 is 0 Å². The summed E-state index contributed by atoms with van der Waals surface area (Å²) in [6, 6.07) is 3.86. The maximum absolute atomic E-state index is 10.5. The van der Waals surface area contributed by atoms with Crippen molar-refractivity contribution in [3.05, 3.63) is 34.5 Å². The van der Waals surface area contributed by atoms with Crippen molar-refractivity contribution >= 4 is 17.3 Å². The van der Waals surface area contributed by atoms with Gasteiger partial charge in [-0.15, -0.1) is 11.3 Å². The number of hydrogen-bond donors (Lipinski definition) is 3. The molecule has 120 valence electrons. The van der Waals surface area contributed by atoms with Gasteiger partial charge in [0.1, 0.15) is 24.3 Å². The van der Waals surface area contributed by atoms with E-state index in [2.05, 4.69) is 25.7 Å². The number of hydrogen-bond acceptors (Lipinski definition) is 5. The van der Waals surface area contributed by atoms with Gasteiger partial charge < -0.3 is 15.7 Å². The average molecular weight is 322 g/mol. The summed E-state index contributed by atoms with van der Waals surface area (Å²) in [7, 11) is 1.83. The molecule has 7 nitrogen and oxygen atoms in total. The molecular weight excluding hydrogens is 300 g/mol. The van der Waals surface area contributed by atoms with Crippen LogP contribution in [0, 0.1) is 0 Å². The topological polar surface area (TPSA) is 87.4 Å². The van der Waals surface area contributed by atoms with E-state index in [4.69, 9.17) is 0 Å². The minimum Gasteiger partial charge on any atom is -0.383 e. The molecule has 0 amide bonds. The Morgan fingerprint density at radius 3 is 2.91 bits per heavy atom. The van der Waals surface area contributed by atoms with Crippen LogP contribution in [0.15, 0.2) is 28.8 Å². The lowest BCUT2D eigenvalue weighted by molar-refractivity contribution is 0.0655. The van der Waals surface area contributed by atoms with E-state index in [-0.39, 0.29) is 0 Å². The van der Waals surface area contributed by atoms with Crippen LogP contribution in [0.25, 0.3) is 0 Å². The predicted molar refractivity (Wildman–Crippen MR) is 87.7 cm³/mol. The molecule has 0 spiro atoms. The Hall–Kier alpha value is -1.93. The van der Waals surface area contributed by atoms with Crippen LogP contribution in [-0.4, -0.2) is 38.9 Å². The molecule has 1 unspecified atom stereocenters. The third-order valence-electron chi connectivity index (χ3n) is 3.18. The SMILES string of the molecule is CCNC(=NCc1ncnn1C)NCC(C)(O)c1cccs1. The van der Waals surface area contributed by atoms with Gasteiger partial charge in [0.2, 0.25) is 0 Å². The maximum atomic E-state index is 10.5. The van der Waals surface area contributed by atoms with Crippen molar-refractivity contribution in [2.75, 3.05) is 13.1 Å². The molecule has 2 aromatic heterocycles. The molecule has 0 radical (unpaired) electrons. The van der Waals surface area contributed by atoms with Crippen molar-refractivity contribution in [3.8, 4) is 0 Å². The first kappa shape index (κ1) is 16.4. The molecule has 0 saturated carbocycles. The van der Waals surface area contributed by atoms with Crippen LogP contribution in [0.5, 0.6) is 0 Å². The van der Waals surface area contributed by atoms with Gasteiger partial charge in [0.25, 0.3) is 0 Å². The highest BCUT2D eigenvalue weighted by molar-refractivity contribution is 7.10. The average Bonchev–Trinajstić information content (AvgIpc) is 3.14. The molecule has 22 heavy (non-hydrogen) atoms. The van der Waals surface area contributed by atoms with Crippen molar-refractivity contribution in [2.45, 2.75) is 26.0 Å². The molecule has 0 bridgehead atoms. The van der Waals surface area contributed by atoms with E-state index in [1.807, 2.05) is 31.5 Å². The van der Waals surface area contributed by atoms with Crippen molar-refractivity contribution < 1.29 is 5.11 Å². The van der Waals surface area contributed by atoms with Crippen LogP contribution in [0.4, 0.5) is 0 Å². The highest BCUT2D eigenvalue weighted by Gasteiger charge is 2.24. The second-order valence-electron chi connectivity index (χ2n) is 5.10. The van der Waals surface area contributed by atoms with E-state index in [1.54, 1.807) is 11.6 Å². The zero-order chi connectivity index (χ0) is 16.0. The lowest BCUT2D eigenvalue weighted by atomic mass is 10.1. The zero-order valence-electron chi connectivity index (χ0n) is 13.1. The number of aliphatic imine (C=N–C) groups is 1. The molecular formula is C14H22N6OS. The summed E-state index contributed by atoms with van der Waals surface area (Å²) < 4.78 is 1.69. The molecule has 3 N–H and O–H groups in total. The lowest BCUT2D eigenvalue weighted by Crippen LogP contribution is -2.44. The molecule has 0 aromatic carbocycles. The van der Waals surface area contributed by atoms with Crippen molar-refractivity contribution in [1.82, 2.24) is 25.4 Å². The van der Waals surface area contributed by atoms with Gasteiger partial charge in [0.05, 0.1) is 6.54 Å². The van der Waals surface area contributed by atoms with Gasteiger partial charge in [-0.2, -0.15) is 5.10 Å². The number of aromatic nitrogens is 3. The smallest absolute Gasteiger partial charge is 0.191 e. The molecule has 2 aromatic rings. The third kappa shape index (κ3) is 4.28. The monoisotopic (exact) mass is 322 g/mol. The Morgan fingerprint density at radius 2 is 2.32 bits per heavy atom. The fraction of sp³-hybridized carbons (Fsp3) is 0.500. The Balaban J connectivity index is 1.98. The standard InChI is InChI=1S/C14H22N6OS/c1-4-15-13(16-8-12-18-10-19-20(12)3)17-9-14(2,21)11-6-5-7-22-11/h5-7,10,21H,4,8-9H2,1-3H3,(H2,15,16,17). The third-order valence-corrected chi connectivity index (χ3v) is 4.30. The predicted octanol–water partition coefficient (Wildman–Crippen LogP) is 0.839. The second-order valence-corrected chi connectivity index (χ2v) is 6.05. The Morgan fingerprint density at radius 1 is 1.50 bits per heavy atom. The fourth-order valence-electron chi connectivity index (χ4n) is 1.88. The van der Waals surface area contributed by atoms with Crippen LogP contribution in [0.3, 0.4) is 0 Å². The molecule has 0 aliphatic heterocycles. The van der Waals surface area contributed by atoms with Gasteiger partial charge in [-0.25, -0.2) is 9.98 Å². The zero-order valence-corrected chi connectivity index (χ0v) is 13.9. The van der Waals surface area contributed by atoms with E-state index in [9.17, 15) is 5.11 Å². The van der Waals surface area contributed by atoms with E-state index in [1.165, 1.54) is 17.7 Å². The molecule has 0 aliphatic carbocycles. The lowest BCUT2D eigenvalue weighted by Gasteiger charge is -2.23. The van der Waals surface area contributed by atoms with Gasteiger partial charge in [-0.3, -0.25) is 4.68 Å². The number of rotatable bonds is 6. The van der Waals surface area contributed by atoms with Crippen molar-refractivity contribution in [2.24, 2.45) is 12.0 Å². The number of thiophene rings is 1. The Bertz CT molecular complexity index is 605. The molecule has 2 heterocycles. The van der Waals surface area contributed by atoms with Gasteiger partial charge in [0, 0.05) is 18.5 Å². The molecule has 0 fully saturated rings. The number of aryl methyl sites for hydroxylation is 1. The summed E-state index contributed by atoms with van der Waals surface area (Å²) in [5.74, 6) is 1.42. The molecule has 0 saturated heterocycles. The van der Waals surface area contributed by atoms with E-state index < -0.39 is 5.60 Å². The van der Waals surface area contributed by atoms with Crippen LogP contribution >= 0.6 is 11.3 Å².